The number of hydrogen-bond acceptors (Lipinski definition) is 5. The molecule has 1 saturated heterocycles. The molecule has 0 aromatic rings. The average Bonchev–Trinajstić information content (AvgIpc) is 2.51. The van der Waals surface area contributed by atoms with Gasteiger partial charge in [0.05, 0.1) is 31.1 Å². The summed E-state index contributed by atoms with van der Waals surface area (Å²) in [5, 5.41) is 13.3. The van der Waals surface area contributed by atoms with Crippen molar-refractivity contribution < 1.29 is 18.3 Å². The van der Waals surface area contributed by atoms with E-state index in [0.717, 1.165) is 12.8 Å². The fourth-order valence-electron chi connectivity index (χ4n) is 1.71. The van der Waals surface area contributed by atoms with Crippen LogP contribution in [0.2, 0.25) is 0 Å². The molecule has 7 heteroatoms. The van der Waals surface area contributed by atoms with Gasteiger partial charge >= 0.3 is 0 Å². The van der Waals surface area contributed by atoms with Crippen molar-refractivity contribution in [1.82, 2.24) is 10.0 Å². The largest absolute Gasteiger partial charge is 0.389 e. The second kappa shape index (κ2) is 5.83. The van der Waals surface area contributed by atoms with Gasteiger partial charge in [-0.05, 0) is 5.41 Å². The molecule has 0 aromatic heterocycles. The van der Waals surface area contributed by atoms with Crippen molar-refractivity contribution in [3.8, 4) is 0 Å². The molecular formula is C11H24N2O4S. The number of rotatable bonds is 5. The lowest BCUT2D eigenvalue weighted by atomic mass is 9.96. The summed E-state index contributed by atoms with van der Waals surface area (Å²) in [5.41, 5.74) is 0.128. The summed E-state index contributed by atoms with van der Waals surface area (Å²) < 4.78 is 29.7. The Balaban J connectivity index is 2.39. The lowest BCUT2D eigenvalue weighted by Crippen LogP contribution is -2.46. The van der Waals surface area contributed by atoms with Gasteiger partial charge in [-0.3, -0.25) is 0 Å². The highest BCUT2D eigenvalue weighted by atomic mass is 32.2. The summed E-state index contributed by atoms with van der Waals surface area (Å²) >= 11 is 0. The first-order valence-electron chi connectivity index (χ1n) is 6.06. The fraction of sp³-hybridized carbons (Fsp3) is 1.00. The van der Waals surface area contributed by atoms with Gasteiger partial charge in [0.25, 0.3) is 0 Å². The first kappa shape index (κ1) is 15.8. The predicted octanol–water partition coefficient (Wildman–Crippen LogP) is -0.700. The van der Waals surface area contributed by atoms with Crippen LogP contribution in [0.5, 0.6) is 0 Å². The fourth-order valence-corrected chi connectivity index (χ4v) is 2.18. The normalized spacial score (nSPS) is 29.7. The molecule has 1 fully saturated rings. The van der Waals surface area contributed by atoms with Crippen molar-refractivity contribution in [2.45, 2.75) is 39.0 Å². The standard InChI is InChI=1S/C11H24N2O4S/c1-11(2,3)7-12-8-6-17-9(10(8)14)5-13-18(4,15)16/h8-10,12-14H,5-7H2,1-4H3. The van der Waals surface area contributed by atoms with Crippen molar-refractivity contribution >= 4 is 10.0 Å². The van der Waals surface area contributed by atoms with Gasteiger partial charge in [-0.1, -0.05) is 20.8 Å². The molecule has 0 saturated carbocycles. The van der Waals surface area contributed by atoms with Crippen LogP contribution in [0.1, 0.15) is 20.8 Å². The van der Waals surface area contributed by atoms with Crippen LogP contribution >= 0.6 is 0 Å². The third kappa shape index (κ3) is 5.62. The maximum atomic E-state index is 11.0. The topological polar surface area (TPSA) is 87.7 Å². The van der Waals surface area contributed by atoms with Crippen molar-refractivity contribution in [2.75, 3.05) is 26.0 Å². The summed E-state index contributed by atoms with van der Waals surface area (Å²) in [6.45, 7) is 7.58. The van der Waals surface area contributed by atoms with Crippen molar-refractivity contribution in [2.24, 2.45) is 5.41 Å². The van der Waals surface area contributed by atoms with E-state index in [0.29, 0.717) is 6.61 Å². The Labute approximate surface area is 109 Å². The van der Waals surface area contributed by atoms with Crippen LogP contribution in [0.25, 0.3) is 0 Å². The number of aliphatic hydroxyl groups excluding tert-OH is 1. The Morgan fingerprint density at radius 3 is 2.50 bits per heavy atom. The van der Waals surface area contributed by atoms with E-state index in [2.05, 4.69) is 30.8 Å². The molecule has 0 aromatic carbocycles. The number of ether oxygens (including phenoxy) is 1. The minimum Gasteiger partial charge on any atom is -0.389 e. The van der Waals surface area contributed by atoms with Crippen LogP contribution in [0.3, 0.4) is 0 Å². The van der Waals surface area contributed by atoms with Crippen LogP contribution in [-0.2, 0) is 14.8 Å². The third-order valence-corrected chi connectivity index (χ3v) is 3.42. The van der Waals surface area contributed by atoms with Gasteiger partial charge in [0.15, 0.2) is 0 Å². The van der Waals surface area contributed by atoms with E-state index < -0.39 is 22.2 Å². The number of hydrogen-bond donors (Lipinski definition) is 3. The first-order valence-corrected chi connectivity index (χ1v) is 7.95. The van der Waals surface area contributed by atoms with Crippen molar-refractivity contribution in [3.63, 3.8) is 0 Å². The molecule has 3 unspecified atom stereocenters. The smallest absolute Gasteiger partial charge is 0.208 e. The maximum Gasteiger partial charge on any atom is 0.208 e. The van der Waals surface area contributed by atoms with Gasteiger partial charge in [0.2, 0.25) is 10.0 Å². The molecule has 1 rings (SSSR count). The summed E-state index contributed by atoms with van der Waals surface area (Å²) in [6, 6.07) is -0.143. The third-order valence-electron chi connectivity index (χ3n) is 2.72. The van der Waals surface area contributed by atoms with Gasteiger partial charge in [0.1, 0.15) is 0 Å². The molecule has 18 heavy (non-hydrogen) atoms. The molecule has 0 bridgehead atoms. The zero-order valence-electron chi connectivity index (χ0n) is 11.4. The van der Waals surface area contributed by atoms with E-state index >= 15 is 0 Å². The number of sulfonamides is 1. The average molecular weight is 280 g/mol. The molecule has 0 radical (unpaired) electrons. The predicted molar refractivity (Wildman–Crippen MR) is 69.8 cm³/mol. The number of nitrogens with one attached hydrogen (secondary N) is 2. The van der Waals surface area contributed by atoms with Gasteiger partial charge in [0, 0.05) is 13.1 Å². The summed E-state index contributed by atoms with van der Waals surface area (Å²) in [6.07, 6.45) is -0.0947. The number of aliphatic hydroxyl groups is 1. The second-order valence-corrected chi connectivity index (χ2v) is 7.86. The minimum absolute atomic E-state index is 0.105. The summed E-state index contributed by atoms with van der Waals surface area (Å²) in [5.74, 6) is 0. The molecule has 0 spiro atoms. The molecular weight excluding hydrogens is 256 g/mol. The molecule has 3 atom stereocenters. The molecule has 108 valence electrons. The summed E-state index contributed by atoms with van der Waals surface area (Å²) in [7, 11) is -3.25. The second-order valence-electron chi connectivity index (χ2n) is 6.03. The Morgan fingerprint density at radius 2 is 2.00 bits per heavy atom. The van der Waals surface area contributed by atoms with Crippen LogP contribution in [-0.4, -0.2) is 57.7 Å². The molecule has 6 nitrogen and oxygen atoms in total. The SMILES string of the molecule is CC(C)(C)CNC1COC(CNS(C)(=O)=O)C1O. The molecule has 1 aliphatic rings. The van der Waals surface area contributed by atoms with E-state index in [1.165, 1.54) is 0 Å². The highest BCUT2D eigenvalue weighted by Gasteiger charge is 2.36. The van der Waals surface area contributed by atoms with Crippen LogP contribution in [0.4, 0.5) is 0 Å². The lowest BCUT2D eigenvalue weighted by Gasteiger charge is -2.24. The zero-order valence-corrected chi connectivity index (χ0v) is 12.3. The van der Waals surface area contributed by atoms with Gasteiger partial charge in [-0.2, -0.15) is 0 Å². The molecule has 1 aliphatic heterocycles. The van der Waals surface area contributed by atoms with E-state index in [4.69, 9.17) is 4.74 Å². The molecule has 3 N–H and O–H groups in total. The van der Waals surface area contributed by atoms with Gasteiger partial charge in [-0.15, -0.1) is 0 Å². The molecule has 0 aliphatic carbocycles. The summed E-state index contributed by atoms with van der Waals surface area (Å²) in [4.78, 5) is 0. The molecule has 1 heterocycles. The van der Waals surface area contributed by atoms with E-state index in [-0.39, 0.29) is 18.0 Å². The maximum absolute atomic E-state index is 11.0. The van der Waals surface area contributed by atoms with Crippen molar-refractivity contribution in [3.05, 3.63) is 0 Å². The highest BCUT2D eigenvalue weighted by Crippen LogP contribution is 2.17. The Hall–Kier alpha value is -0.210. The van der Waals surface area contributed by atoms with Crippen LogP contribution in [0, 0.1) is 5.41 Å². The van der Waals surface area contributed by atoms with Crippen molar-refractivity contribution in [1.29, 1.82) is 0 Å². The Bertz CT molecular complexity index is 364. The highest BCUT2D eigenvalue weighted by molar-refractivity contribution is 7.88. The Kier molecular flexibility index (Phi) is 5.13. The van der Waals surface area contributed by atoms with Crippen LogP contribution < -0.4 is 10.0 Å². The van der Waals surface area contributed by atoms with Gasteiger partial charge < -0.3 is 15.2 Å². The van der Waals surface area contributed by atoms with E-state index in [1.807, 2.05) is 0 Å². The lowest BCUT2D eigenvalue weighted by molar-refractivity contribution is 0.0442. The Morgan fingerprint density at radius 1 is 1.39 bits per heavy atom. The minimum atomic E-state index is -3.25. The van der Waals surface area contributed by atoms with E-state index in [1.54, 1.807) is 0 Å². The molecule has 0 amide bonds. The zero-order chi connectivity index (χ0) is 14.0. The monoisotopic (exact) mass is 280 g/mol. The first-order chi connectivity index (χ1) is 8.08. The van der Waals surface area contributed by atoms with E-state index in [9.17, 15) is 13.5 Å². The van der Waals surface area contributed by atoms with Crippen LogP contribution in [0.15, 0.2) is 0 Å². The quantitative estimate of drug-likeness (QED) is 0.620. The van der Waals surface area contributed by atoms with Gasteiger partial charge in [-0.25, -0.2) is 13.1 Å².